The number of hydrogen-bond acceptors (Lipinski definition) is 2. The van der Waals surface area contributed by atoms with Crippen LogP contribution in [0.3, 0.4) is 0 Å². The predicted molar refractivity (Wildman–Crippen MR) is 77.8 cm³/mol. The van der Waals surface area contributed by atoms with Gasteiger partial charge >= 0.3 is 0 Å². The van der Waals surface area contributed by atoms with Gasteiger partial charge in [-0.1, -0.05) is 6.92 Å². The van der Waals surface area contributed by atoms with Crippen LogP contribution < -0.4 is 4.74 Å². The first-order valence-corrected chi connectivity index (χ1v) is 7.34. The quantitative estimate of drug-likeness (QED) is 0.774. The molecule has 0 unspecified atom stereocenters. The molecule has 0 amide bonds. The summed E-state index contributed by atoms with van der Waals surface area (Å²) < 4.78 is 7.60. The van der Waals surface area contributed by atoms with E-state index in [9.17, 15) is 0 Å². The number of benzene rings is 1. The Labute approximate surface area is 118 Å². The highest BCUT2D eigenvalue weighted by Crippen LogP contribution is 2.50. The van der Waals surface area contributed by atoms with E-state index >= 15 is 0 Å². The zero-order chi connectivity index (χ0) is 13.5. The largest absolute Gasteiger partial charge is 0.497 e. The molecular weight excluding hydrogens is 260 g/mol. The normalized spacial score (nSPS) is 16.8. The monoisotopic (exact) mass is 278 g/mol. The minimum Gasteiger partial charge on any atom is -0.497 e. The van der Waals surface area contributed by atoms with E-state index in [1.54, 1.807) is 7.11 Å². The average molecular weight is 279 g/mol. The van der Waals surface area contributed by atoms with Gasteiger partial charge in [0.25, 0.3) is 0 Å². The Morgan fingerprint density at radius 3 is 2.79 bits per heavy atom. The maximum atomic E-state index is 6.06. The van der Waals surface area contributed by atoms with Gasteiger partial charge in [-0.25, -0.2) is 4.98 Å². The molecule has 0 aliphatic heterocycles. The molecule has 3 rings (SSSR count). The standard InChI is InChI=1S/C15H19ClN2O/c1-3-15(6-7-15)10-18-13-8-11(19-2)4-5-12(13)17-14(18)9-16/h4-5,8H,3,6-7,9-10H2,1-2H3. The fourth-order valence-corrected chi connectivity index (χ4v) is 2.90. The summed E-state index contributed by atoms with van der Waals surface area (Å²) in [5.74, 6) is 2.29. The van der Waals surface area contributed by atoms with Crippen LogP contribution in [0.5, 0.6) is 5.75 Å². The Bertz CT molecular complexity index is 601. The zero-order valence-electron chi connectivity index (χ0n) is 11.4. The van der Waals surface area contributed by atoms with Crippen LogP contribution in [0.15, 0.2) is 18.2 Å². The zero-order valence-corrected chi connectivity index (χ0v) is 12.2. The van der Waals surface area contributed by atoms with Crippen molar-refractivity contribution in [3.8, 4) is 5.75 Å². The Hall–Kier alpha value is -1.22. The van der Waals surface area contributed by atoms with Crippen LogP contribution in [0.2, 0.25) is 0 Å². The SMILES string of the molecule is CCC1(Cn2c(CCl)nc3ccc(OC)cc32)CC1. The van der Waals surface area contributed by atoms with Crippen LogP contribution >= 0.6 is 11.6 Å². The number of rotatable bonds is 5. The summed E-state index contributed by atoms with van der Waals surface area (Å²) in [6.45, 7) is 3.29. The van der Waals surface area contributed by atoms with Crippen molar-refractivity contribution in [2.75, 3.05) is 7.11 Å². The molecule has 1 saturated carbocycles. The molecule has 1 aliphatic carbocycles. The molecule has 1 aromatic heterocycles. The topological polar surface area (TPSA) is 27.1 Å². The number of imidazole rings is 1. The molecule has 0 radical (unpaired) electrons. The van der Waals surface area contributed by atoms with Gasteiger partial charge in [0, 0.05) is 12.6 Å². The van der Waals surface area contributed by atoms with Gasteiger partial charge in [-0.05, 0) is 36.8 Å². The van der Waals surface area contributed by atoms with Gasteiger partial charge in [0.2, 0.25) is 0 Å². The molecule has 102 valence electrons. The first-order valence-electron chi connectivity index (χ1n) is 6.80. The molecule has 19 heavy (non-hydrogen) atoms. The molecule has 3 nitrogen and oxygen atoms in total. The Balaban J connectivity index is 2.08. The third kappa shape index (κ3) is 2.20. The summed E-state index contributed by atoms with van der Waals surface area (Å²) in [7, 11) is 1.69. The second kappa shape index (κ2) is 4.71. The molecule has 4 heteroatoms. The van der Waals surface area contributed by atoms with E-state index in [0.29, 0.717) is 11.3 Å². The highest BCUT2D eigenvalue weighted by molar-refractivity contribution is 6.16. The molecule has 0 N–H and O–H groups in total. The van der Waals surface area contributed by atoms with Crippen LogP contribution in [0.1, 0.15) is 32.0 Å². The van der Waals surface area contributed by atoms with Crippen LogP contribution in [0.4, 0.5) is 0 Å². The first-order chi connectivity index (χ1) is 9.21. The van der Waals surface area contributed by atoms with Gasteiger partial charge in [-0.2, -0.15) is 0 Å². The lowest BCUT2D eigenvalue weighted by atomic mass is 10.0. The molecule has 0 bridgehead atoms. The highest BCUT2D eigenvalue weighted by Gasteiger charge is 2.41. The lowest BCUT2D eigenvalue weighted by Crippen LogP contribution is -2.12. The number of ether oxygens (including phenoxy) is 1. The van der Waals surface area contributed by atoms with Crippen molar-refractivity contribution in [2.24, 2.45) is 5.41 Å². The van der Waals surface area contributed by atoms with E-state index < -0.39 is 0 Å². The number of aromatic nitrogens is 2. The lowest BCUT2D eigenvalue weighted by molar-refractivity contribution is 0.406. The molecule has 1 aliphatic rings. The number of hydrogen-bond donors (Lipinski definition) is 0. The lowest BCUT2D eigenvalue weighted by Gasteiger charge is -2.16. The number of methoxy groups -OCH3 is 1. The third-order valence-electron chi connectivity index (χ3n) is 4.35. The smallest absolute Gasteiger partial charge is 0.124 e. The van der Waals surface area contributed by atoms with Gasteiger partial charge in [0.15, 0.2) is 0 Å². The van der Waals surface area contributed by atoms with Crippen molar-refractivity contribution in [1.29, 1.82) is 0 Å². The second-order valence-corrected chi connectivity index (χ2v) is 5.72. The average Bonchev–Trinajstić information content (AvgIpc) is 3.15. The fraction of sp³-hybridized carbons (Fsp3) is 0.533. The summed E-state index contributed by atoms with van der Waals surface area (Å²) in [5.41, 5.74) is 2.61. The maximum absolute atomic E-state index is 6.06. The van der Waals surface area contributed by atoms with E-state index in [1.165, 1.54) is 19.3 Å². The molecular formula is C15H19ClN2O. The number of nitrogens with zero attached hydrogens (tertiary/aromatic N) is 2. The van der Waals surface area contributed by atoms with Crippen LogP contribution in [-0.4, -0.2) is 16.7 Å². The third-order valence-corrected chi connectivity index (χ3v) is 4.59. The van der Waals surface area contributed by atoms with Crippen LogP contribution in [0.25, 0.3) is 11.0 Å². The molecule has 2 aromatic rings. The summed E-state index contributed by atoms with van der Waals surface area (Å²) in [5, 5.41) is 0. The fourth-order valence-electron chi connectivity index (χ4n) is 2.69. The van der Waals surface area contributed by atoms with Crippen molar-refractivity contribution in [3.63, 3.8) is 0 Å². The Morgan fingerprint density at radius 2 is 2.21 bits per heavy atom. The molecule has 0 spiro atoms. The maximum Gasteiger partial charge on any atom is 0.124 e. The molecule has 1 fully saturated rings. The molecule has 0 atom stereocenters. The van der Waals surface area contributed by atoms with Crippen LogP contribution in [-0.2, 0) is 12.4 Å². The number of halogens is 1. The minimum atomic E-state index is 0.455. The summed E-state index contributed by atoms with van der Waals surface area (Å²) in [6, 6.07) is 6.01. The van der Waals surface area contributed by atoms with E-state index in [0.717, 1.165) is 29.2 Å². The number of fused-ring (bicyclic) bond motifs is 1. The molecule has 0 saturated heterocycles. The van der Waals surface area contributed by atoms with E-state index in [1.807, 2.05) is 12.1 Å². The van der Waals surface area contributed by atoms with E-state index in [-0.39, 0.29) is 0 Å². The summed E-state index contributed by atoms with van der Waals surface area (Å²) >= 11 is 6.06. The van der Waals surface area contributed by atoms with E-state index in [4.69, 9.17) is 16.3 Å². The van der Waals surface area contributed by atoms with Crippen molar-refractivity contribution in [1.82, 2.24) is 9.55 Å². The van der Waals surface area contributed by atoms with Crippen molar-refractivity contribution in [2.45, 2.75) is 38.6 Å². The van der Waals surface area contributed by atoms with Gasteiger partial charge in [0.1, 0.15) is 11.6 Å². The van der Waals surface area contributed by atoms with Gasteiger partial charge in [-0.3, -0.25) is 0 Å². The van der Waals surface area contributed by atoms with Crippen molar-refractivity contribution >= 4 is 22.6 Å². The predicted octanol–water partition coefficient (Wildman–Crippen LogP) is 3.97. The van der Waals surface area contributed by atoms with Crippen molar-refractivity contribution < 1.29 is 4.74 Å². The number of alkyl halides is 1. The van der Waals surface area contributed by atoms with E-state index in [2.05, 4.69) is 22.5 Å². The van der Waals surface area contributed by atoms with Gasteiger partial charge in [-0.15, -0.1) is 11.6 Å². The van der Waals surface area contributed by atoms with Crippen molar-refractivity contribution in [3.05, 3.63) is 24.0 Å². The second-order valence-electron chi connectivity index (χ2n) is 5.46. The Kier molecular flexibility index (Phi) is 3.17. The van der Waals surface area contributed by atoms with Gasteiger partial charge in [0.05, 0.1) is 24.0 Å². The molecule has 1 aromatic carbocycles. The summed E-state index contributed by atoms with van der Waals surface area (Å²) in [4.78, 5) is 4.63. The first kappa shape index (κ1) is 12.8. The van der Waals surface area contributed by atoms with Crippen LogP contribution in [0, 0.1) is 5.41 Å². The molecule has 1 heterocycles. The van der Waals surface area contributed by atoms with Gasteiger partial charge < -0.3 is 9.30 Å². The minimum absolute atomic E-state index is 0.455. The summed E-state index contributed by atoms with van der Waals surface area (Å²) in [6.07, 6.45) is 3.85. The Morgan fingerprint density at radius 1 is 1.42 bits per heavy atom. The highest BCUT2D eigenvalue weighted by atomic mass is 35.5.